The van der Waals surface area contributed by atoms with Crippen LogP contribution in [0.15, 0.2) is 24.3 Å². The molecule has 5 aliphatic rings. The number of urea groups is 1. The molecule has 1 aromatic carbocycles. The predicted octanol–water partition coefficient (Wildman–Crippen LogP) is 2.85. The highest BCUT2D eigenvalue weighted by molar-refractivity contribution is 6.09. The van der Waals surface area contributed by atoms with Gasteiger partial charge in [-0.15, -0.1) is 0 Å². The van der Waals surface area contributed by atoms with E-state index in [0.717, 1.165) is 53.0 Å². The van der Waals surface area contributed by atoms with Crippen LogP contribution in [0.4, 0.5) is 4.79 Å². The molecule has 6 rings (SSSR count). The van der Waals surface area contributed by atoms with E-state index in [1.165, 1.54) is 19.3 Å². The Balaban J connectivity index is 1.29. The van der Waals surface area contributed by atoms with Crippen LogP contribution in [0.2, 0.25) is 0 Å². The molecular weight excluding hydrogens is 366 g/mol. The van der Waals surface area contributed by atoms with Crippen LogP contribution in [0.3, 0.4) is 0 Å². The average Bonchev–Trinajstić information content (AvgIpc) is 2.84. The van der Waals surface area contributed by atoms with E-state index >= 15 is 0 Å². The van der Waals surface area contributed by atoms with Gasteiger partial charge >= 0.3 is 6.03 Å². The van der Waals surface area contributed by atoms with Crippen LogP contribution in [-0.4, -0.2) is 34.8 Å². The minimum atomic E-state index is -1.13. The predicted molar refractivity (Wildman–Crippen MR) is 108 cm³/mol. The molecule has 4 saturated carbocycles. The number of nitrogens with one attached hydrogen (secondary N) is 2. The highest BCUT2D eigenvalue weighted by Crippen LogP contribution is 2.55. The van der Waals surface area contributed by atoms with Gasteiger partial charge < -0.3 is 10.6 Å². The number of hydrogen-bond acceptors (Lipinski definition) is 3. The van der Waals surface area contributed by atoms with Crippen molar-refractivity contribution in [1.29, 1.82) is 0 Å². The summed E-state index contributed by atoms with van der Waals surface area (Å²) in [4.78, 5) is 39.6. The Morgan fingerprint density at radius 1 is 1.07 bits per heavy atom. The fourth-order valence-electron chi connectivity index (χ4n) is 6.67. The number of carbonyl (C=O) groups is 3. The number of rotatable bonds is 4. The molecule has 6 nitrogen and oxygen atoms in total. The van der Waals surface area contributed by atoms with Crippen LogP contribution < -0.4 is 10.6 Å². The van der Waals surface area contributed by atoms with E-state index in [1.54, 1.807) is 6.92 Å². The maximum atomic E-state index is 13.1. The third-order valence-electron chi connectivity index (χ3n) is 7.65. The van der Waals surface area contributed by atoms with Crippen molar-refractivity contribution in [1.82, 2.24) is 15.5 Å². The van der Waals surface area contributed by atoms with Crippen molar-refractivity contribution >= 4 is 17.8 Å². The molecule has 0 radical (unpaired) electrons. The van der Waals surface area contributed by atoms with E-state index in [4.69, 9.17) is 0 Å². The second-order valence-electron chi connectivity index (χ2n) is 10.1. The Labute approximate surface area is 171 Å². The minimum absolute atomic E-state index is 0.120. The molecule has 1 atom stereocenters. The van der Waals surface area contributed by atoms with Gasteiger partial charge in [0.25, 0.3) is 5.91 Å². The molecule has 4 amide bonds. The van der Waals surface area contributed by atoms with Gasteiger partial charge in [-0.25, -0.2) is 4.79 Å². The third-order valence-corrected chi connectivity index (χ3v) is 7.65. The molecule has 0 unspecified atom stereocenters. The van der Waals surface area contributed by atoms with Gasteiger partial charge in [0.05, 0.1) is 0 Å². The molecule has 6 heteroatoms. The van der Waals surface area contributed by atoms with Crippen molar-refractivity contribution in [2.75, 3.05) is 6.54 Å². The summed E-state index contributed by atoms with van der Waals surface area (Å²) in [7, 11) is 0. The zero-order chi connectivity index (χ0) is 20.4. The van der Waals surface area contributed by atoms with Crippen molar-refractivity contribution < 1.29 is 14.4 Å². The Hall–Kier alpha value is -2.37. The van der Waals surface area contributed by atoms with Gasteiger partial charge in [0.1, 0.15) is 12.1 Å². The first kappa shape index (κ1) is 18.6. The SMILES string of the molecule is Cc1ccc([C@]2(C)NC(=O)N(CC(=O)NC34CC5CC(CC(C5)C3)C4)C2=O)cc1. The summed E-state index contributed by atoms with van der Waals surface area (Å²) < 4.78 is 0. The lowest BCUT2D eigenvalue weighted by atomic mass is 9.53. The molecule has 5 fully saturated rings. The summed E-state index contributed by atoms with van der Waals surface area (Å²) in [6, 6.07) is 7.04. The molecule has 1 aliphatic heterocycles. The van der Waals surface area contributed by atoms with Crippen molar-refractivity contribution in [2.45, 2.75) is 63.5 Å². The first-order valence-corrected chi connectivity index (χ1v) is 10.8. The van der Waals surface area contributed by atoms with Gasteiger partial charge in [0.2, 0.25) is 5.91 Å². The van der Waals surface area contributed by atoms with Gasteiger partial charge in [-0.3, -0.25) is 14.5 Å². The smallest absolute Gasteiger partial charge is 0.325 e. The summed E-state index contributed by atoms with van der Waals surface area (Å²) in [6.07, 6.45) is 7.05. The first-order chi connectivity index (χ1) is 13.8. The molecule has 1 aromatic rings. The summed E-state index contributed by atoms with van der Waals surface area (Å²) in [5.41, 5.74) is 0.559. The van der Waals surface area contributed by atoms with Crippen LogP contribution in [0, 0.1) is 24.7 Å². The molecule has 0 spiro atoms. The minimum Gasteiger partial charge on any atom is -0.349 e. The Morgan fingerprint density at radius 2 is 1.62 bits per heavy atom. The maximum absolute atomic E-state index is 13.1. The van der Waals surface area contributed by atoms with Crippen LogP contribution >= 0.6 is 0 Å². The fraction of sp³-hybridized carbons (Fsp3) is 0.609. The number of nitrogens with zero attached hydrogens (tertiary/aromatic N) is 1. The highest BCUT2D eigenvalue weighted by Gasteiger charge is 2.53. The topological polar surface area (TPSA) is 78.5 Å². The molecule has 29 heavy (non-hydrogen) atoms. The van der Waals surface area contributed by atoms with Crippen LogP contribution in [0.25, 0.3) is 0 Å². The summed E-state index contributed by atoms with van der Waals surface area (Å²) >= 11 is 0. The number of hydrogen-bond donors (Lipinski definition) is 2. The van der Waals surface area contributed by atoms with Crippen molar-refractivity contribution in [3.8, 4) is 0 Å². The molecule has 0 aromatic heterocycles. The number of carbonyl (C=O) groups excluding carboxylic acids is 3. The molecular formula is C23H29N3O3. The number of benzene rings is 1. The van der Waals surface area contributed by atoms with Crippen molar-refractivity contribution in [3.05, 3.63) is 35.4 Å². The average molecular weight is 396 g/mol. The van der Waals surface area contributed by atoms with Crippen LogP contribution in [0.1, 0.15) is 56.6 Å². The standard InChI is InChI=1S/C23H29N3O3/c1-14-3-5-18(6-4-14)22(2)20(28)26(21(29)25-22)13-19(27)24-23-10-15-7-16(11-23)9-17(8-15)12-23/h3-6,15-17H,7-13H2,1-2H3,(H,24,27)(H,25,29)/t15?,16?,17?,22-,23?/m0/s1. The van der Waals surface area contributed by atoms with Gasteiger partial charge in [-0.05, 0) is 75.7 Å². The Kier molecular flexibility index (Phi) is 4.06. The van der Waals surface area contributed by atoms with Crippen LogP contribution in [-0.2, 0) is 15.1 Å². The fourth-order valence-corrected chi connectivity index (χ4v) is 6.67. The van der Waals surface area contributed by atoms with E-state index < -0.39 is 11.6 Å². The molecule has 4 bridgehead atoms. The second-order valence-corrected chi connectivity index (χ2v) is 10.1. The van der Waals surface area contributed by atoms with Gasteiger partial charge in [0, 0.05) is 5.54 Å². The molecule has 1 saturated heterocycles. The molecule has 2 N–H and O–H groups in total. The zero-order valence-corrected chi connectivity index (χ0v) is 17.2. The second kappa shape index (κ2) is 6.31. The number of amides is 4. The normalized spacial score (nSPS) is 37.7. The van der Waals surface area contributed by atoms with Gasteiger partial charge in [-0.1, -0.05) is 29.8 Å². The van der Waals surface area contributed by atoms with Crippen LogP contribution in [0.5, 0.6) is 0 Å². The Bertz CT molecular complexity index is 843. The largest absolute Gasteiger partial charge is 0.349 e. The summed E-state index contributed by atoms with van der Waals surface area (Å²) in [5.74, 6) is 1.59. The Morgan fingerprint density at radius 3 is 2.17 bits per heavy atom. The lowest BCUT2D eigenvalue weighted by molar-refractivity contribution is -0.136. The highest BCUT2D eigenvalue weighted by atomic mass is 16.2. The van der Waals surface area contributed by atoms with E-state index in [9.17, 15) is 14.4 Å². The lowest BCUT2D eigenvalue weighted by Crippen LogP contribution is -2.61. The van der Waals surface area contributed by atoms with Gasteiger partial charge in [-0.2, -0.15) is 0 Å². The quantitative estimate of drug-likeness (QED) is 0.770. The summed E-state index contributed by atoms with van der Waals surface area (Å²) in [5, 5.41) is 6.04. The van der Waals surface area contributed by atoms with E-state index in [-0.39, 0.29) is 23.9 Å². The van der Waals surface area contributed by atoms with E-state index in [2.05, 4.69) is 10.6 Å². The molecule has 4 aliphatic carbocycles. The van der Waals surface area contributed by atoms with Crippen molar-refractivity contribution in [2.24, 2.45) is 17.8 Å². The van der Waals surface area contributed by atoms with Gasteiger partial charge in [0.15, 0.2) is 0 Å². The lowest BCUT2D eigenvalue weighted by Gasteiger charge is -2.56. The molecule has 1 heterocycles. The monoisotopic (exact) mass is 395 g/mol. The maximum Gasteiger partial charge on any atom is 0.325 e. The summed E-state index contributed by atoms with van der Waals surface area (Å²) in [6.45, 7) is 3.46. The van der Waals surface area contributed by atoms with Crippen molar-refractivity contribution in [3.63, 3.8) is 0 Å². The number of imide groups is 1. The first-order valence-electron chi connectivity index (χ1n) is 10.8. The number of aryl methyl sites for hydroxylation is 1. The molecule has 154 valence electrons. The van der Waals surface area contributed by atoms with E-state index in [1.807, 2.05) is 31.2 Å². The van der Waals surface area contributed by atoms with E-state index in [0.29, 0.717) is 0 Å². The zero-order valence-electron chi connectivity index (χ0n) is 17.2. The third kappa shape index (κ3) is 3.04.